The predicted octanol–water partition coefficient (Wildman–Crippen LogP) is 2.67. The Bertz CT molecular complexity index is 826. The molecule has 2 fully saturated rings. The zero-order chi connectivity index (χ0) is 18.1. The number of nitrogens with zero attached hydrogens (tertiary/aromatic N) is 2. The van der Waals surface area contributed by atoms with Crippen molar-refractivity contribution in [2.45, 2.75) is 37.6 Å². The van der Waals surface area contributed by atoms with Gasteiger partial charge in [0.25, 0.3) is 5.91 Å². The van der Waals surface area contributed by atoms with Crippen LogP contribution in [0.2, 0.25) is 0 Å². The van der Waals surface area contributed by atoms with E-state index in [9.17, 15) is 9.59 Å². The lowest BCUT2D eigenvalue weighted by Crippen LogP contribution is -2.52. The quantitative estimate of drug-likeness (QED) is 0.907. The minimum absolute atomic E-state index is 0.0801. The highest BCUT2D eigenvalue weighted by Gasteiger charge is 2.46. The largest absolute Gasteiger partial charge is 0.350 e. The van der Waals surface area contributed by atoms with Gasteiger partial charge in [-0.3, -0.25) is 14.6 Å². The Labute approximate surface area is 153 Å². The van der Waals surface area contributed by atoms with Crippen LogP contribution in [0, 0.1) is 6.92 Å². The summed E-state index contributed by atoms with van der Waals surface area (Å²) in [6, 6.07) is 11.6. The molecule has 1 spiro atoms. The number of likely N-dealkylation sites (tertiary alicyclic amines) is 1. The fraction of sp³-hybridized carbons (Fsp3) is 0.381. The third kappa shape index (κ3) is 3.09. The van der Waals surface area contributed by atoms with Crippen molar-refractivity contribution in [3.05, 3.63) is 65.5 Å². The number of aromatic nitrogens is 1. The molecule has 1 atom stereocenters. The van der Waals surface area contributed by atoms with Gasteiger partial charge in [-0.1, -0.05) is 23.8 Å². The lowest BCUT2D eigenvalue weighted by molar-refractivity contribution is -0.121. The molecule has 26 heavy (non-hydrogen) atoms. The Morgan fingerprint density at radius 3 is 2.73 bits per heavy atom. The molecule has 2 aliphatic rings. The van der Waals surface area contributed by atoms with Crippen LogP contribution in [0.15, 0.2) is 48.8 Å². The Morgan fingerprint density at radius 2 is 2.04 bits per heavy atom. The average molecular weight is 349 g/mol. The summed E-state index contributed by atoms with van der Waals surface area (Å²) in [6.07, 6.45) is 5.88. The number of nitrogens with one attached hydrogen (secondary N) is 1. The second-order valence-electron chi connectivity index (χ2n) is 7.47. The summed E-state index contributed by atoms with van der Waals surface area (Å²) >= 11 is 0. The van der Waals surface area contributed by atoms with Crippen molar-refractivity contribution < 1.29 is 9.59 Å². The molecule has 4 rings (SSSR count). The van der Waals surface area contributed by atoms with Crippen LogP contribution in [0.4, 0.5) is 0 Å². The molecular formula is C21H23N3O2. The number of amides is 2. The smallest absolute Gasteiger partial charge is 0.253 e. The van der Waals surface area contributed by atoms with E-state index in [2.05, 4.69) is 10.3 Å². The Hall–Kier alpha value is -2.69. The number of carbonyl (C=O) groups excluding carboxylic acids is 2. The summed E-state index contributed by atoms with van der Waals surface area (Å²) in [5.41, 5.74) is 2.61. The van der Waals surface area contributed by atoms with Gasteiger partial charge in [-0.05, 0) is 49.9 Å². The van der Waals surface area contributed by atoms with Crippen LogP contribution in [0.5, 0.6) is 0 Å². The molecule has 1 N–H and O–H groups in total. The highest BCUT2D eigenvalue weighted by atomic mass is 16.2. The molecule has 134 valence electrons. The molecule has 0 radical (unpaired) electrons. The van der Waals surface area contributed by atoms with E-state index in [-0.39, 0.29) is 23.3 Å². The maximum atomic E-state index is 12.7. The number of rotatable bonds is 2. The molecule has 1 aromatic heterocycles. The average Bonchev–Trinajstić information content (AvgIpc) is 2.98. The zero-order valence-electron chi connectivity index (χ0n) is 14.9. The molecule has 1 aromatic carbocycles. The number of piperidine rings is 1. The van der Waals surface area contributed by atoms with Crippen LogP contribution >= 0.6 is 0 Å². The third-order valence-corrected chi connectivity index (χ3v) is 5.66. The summed E-state index contributed by atoms with van der Waals surface area (Å²) in [5, 5.41) is 3.22. The van der Waals surface area contributed by atoms with Gasteiger partial charge in [-0.15, -0.1) is 0 Å². The van der Waals surface area contributed by atoms with Crippen molar-refractivity contribution in [2.75, 3.05) is 13.1 Å². The van der Waals surface area contributed by atoms with E-state index >= 15 is 0 Å². The maximum absolute atomic E-state index is 12.7. The molecule has 3 heterocycles. The molecule has 5 nitrogen and oxygen atoms in total. The second kappa shape index (κ2) is 6.56. The topological polar surface area (TPSA) is 62.3 Å². The number of carbonyl (C=O) groups is 2. The molecule has 2 amide bonds. The highest BCUT2D eigenvalue weighted by Crippen LogP contribution is 2.39. The lowest BCUT2D eigenvalue weighted by Gasteiger charge is -2.39. The van der Waals surface area contributed by atoms with Gasteiger partial charge in [0.2, 0.25) is 5.91 Å². The van der Waals surface area contributed by atoms with E-state index in [1.54, 1.807) is 12.4 Å². The van der Waals surface area contributed by atoms with E-state index in [1.165, 1.54) is 0 Å². The minimum Gasteiger partial charge on any atom is -0.350 e. The first kappa shape index (κ1) is 16.8. The van der Waals surface area contributed by atoms with Gasteiger partial charge < -0.3 is 10.2 Å². The van der Waals surface area contributed by atoms with Crippen LogP contribution in [0.3, 0.4) is 0 Å². The minimum atomic E-state index is -0.193. The van der Waals surface area contributed by atoms with Crippen LogP contribution in [0.25, 0.3) is 0 Å². The first-order valence-corrected chi connectivity index (χ1v) is 9.14. The van der Waals surface area contributed by atoms with Gasteiger partial charge in [0.15, 0.2) is 0 Å². The number of benzene rings is 1. The van der Waals surface area contributed by atoms with Crippen LogP contribution in [0.1, 0.15) is 46.7 Å². The Morgan fingerprint density at radius 1 is 1.23 bits per heavy atom. The van der Waals surface area contributed by atoms with E-state index in [0.717, 1.165) is 36.0 Å². The molecule has 0 saturated carbocycles. The summed E-state index contributed by atoms with van der Waals surface area (Å²) in [6.45, 7) is 3.34. The molecule has 2 aromatic rings. The molecule has 0 bridgehead atoms. The van der Waals surface area contributed by atoms with Gasteiger partial charge in [-0.2, -0.15) is 0 Å². The van der Waals surface area contributed by atoms with E-state index in [4.69, 9.17) is 0 Å². The molecular weight excluding hydrogens is 326 g/mol. The van der Waals surface area contributed by atoms with E-state index < -0.39 is 0 Å². The van der Waals surface area contributed by atoms with Crippen LogP contribution < -0.4 is 5.32 Å². The molecule has 5 heteroatoms. The first-order chi connectivity index (χ1) is 12.6. The summed E-state index contributed by atoms with van der Waals surface area (Å²) in [7, 11) is 0. The van der Waals surface area contributed by atoms with Crippen LogP contribution in [-0.4, -0.2) is 40.3 Å². The van der Waals surface area contributed by atoms with Crippen molar-refractivity contribution in [3.63, 3.8) is 0 Å². The Balaban J connectivity index is 1.43. The van der Waals surface area contributed by atoms with Crippen LogP contribution in [-0.2, 0) is 4.79 Å². The van der Waals surface area contributed by atoms with E-state index in [0.29, 0.717) is 13.1 Å². The maximum Gasteiger partial charge on any atom is 0.253 e. The highest BCUT2D eigenvalue weighted by molar-refractivity contribution is 5.94. The van der Waals surface area contributed by atoms with Gasteiger partial charge in [0, 0.05) is 36.6 Å². The van der Waals surface area contributed by atoms with Gasteiger partial charge >= 0.3 is 0 Å². The van der Waals surface area contributed by atoms with E-state index in [1.807, 2.05) is 48.2 Å². The summed E-state index contributed by atoms with van der Waals surface area (Å²) in [5.74, 6) is 0.0240. The monoisotopic (exact) mass is 349 g/mol. The van der Waals surface area contributed by atoms with Crippen molar-refractivity contribution in [3.8, 4) is 0 Å². The second-order valence-corrected chi connectivity index (χ2v) is 7.47. The molecule has 1 unspecified atom stereocenters. The van der Waals surface area contributed by atoms with Crippen molar-refractivity contribution in [1.29, 1.82) is 0 Å². The number of aryl methyl sites for hydroxylation is 1. The molecule has 2 aliphatic heterocycles. The van der Waals surface area contributed by atoms with Crippen molar-refractivity contribution >= 4 is 11.8 Å². The van der Waals surface area contributed by atoms with Gasteiger partial charge in [-0.25, -0.2) is 0 Å². The fourth-order valence-electron chi connectivity index (χ4n) is 4.16. The first-order valence-electron chi connectivity index (χ1n) is 9.14. The Kier molecular flexibility index (Phi) is 4.23. The standard InChI is InChI=1S/C21H23N3O2/c1-15-4-2-5-16(12-15)20(26)24-10-7-21(8-11-24)13-18(19(25)23-21)17-6-3-9-22-14-17/h2-6,9,12,14,18H,7-8,10-11,13H2,1H3,(H,23,25). The number of pyridine rings is 1. The predicted molar refractivity (Wildman–Crippen MR) is 98.8 cm³/mol. The molecule has 2 saturated heterocycles. The lowest BCUT2D eigenvalue weighted by atomic mass is 9.82. The summed E-state index contributed by atoms with van der Waals surface area (Å²) in [4.78, 5) is 31.3. The fourth-order valence-corrected chi connectivity index (χ4v) is 4.16. The van der Waals surface area contributed by atoms with Crippen molar-refractivity contribution in [1.82, 2.24) is 15.2 Å². The van der Waals surface area contributed by atoms with Crippen molar-refractivity contribution in [2.24, 2.45) is 0 Å². The number of hydrogen-bond acceptors (Lipinski definition) is 3. The normalized spacial score (nSPS) is 21.7. The molecule has 0 aliphatic carbocycles. The number of hydrogen-bond donors (Lipinski definition) is 1. The SMILES string of the molecule is Cc1cccc(C(=O)N2CCC3(CC2)CC(c2cccnc2)C(=O)N3)c1. The van der Waals surface area contributed by atoms with Gasteiger partial charge in [0.05, 0.1) is 5.92 Å². The third-order valence-electron chi connectivity index (χ3n) is 5.66. The summed E-state index contributed by atoms with van der Waals surface area (Å²) < 4.78 is 0. The van der Waals surface area contributed by atoms with Gasteiger partial charge in [0.1, 0.15) is 0 Å². The zero-order valence-corrected chi connectivity index (χ0v) is 14.9.